The van der Waals surface area contributed by atoms with Gasteiger partial charge in [0.1, 0.15) is 6.10 Å². The van der Waals surface area contributed by atoms with Crippen LogP contribution in [0, 0.1) is 0 Å². The molecule has 1 aliphatic carbocycles. The third-order valence-corrected chi connectivity index (χ3v) is 11.6. The van der Waals surface area contributed by atoms with Crippen LogP contribution in [0.3, 0.4) is 0 Å². The van der Waals surface area contributed by atoms with E-state index in [2.05, 4.69) is 9.65 Å². The molecule has 1 saturated heterocycles. The zero-order valence-corrected chi connectivity index (χ0v) is 24.9. The summed E-state index contributed by atoms with van der Waals surface area (Å²) in [5.74, 6) is 1.07. The van der Waals surface area contributed by atoms with Gasteiger partial charge in [-0.1, -0.05) is 40.9 Å². The van der Waals surface area contributed by atoms with Crippen LogP contribution in [-0.2, 0) is 13.8 Å². The lowest BCUT2D eigenvalue weighted by molar-refractivity contribution is -0.0180. The molecule has 212 valence electrons. The van der Waals surface area contributed by atoms with E-state index < -0.39 is 44.4 Å². The van der Waals surface area contributed by atoms with E-state index in [4.69, 9.17) is 15.2 Å². The number of halogens is 1. The first kappa shape index (κ1) is 29.6. The molecule has 12 heteroatoms. The summed E-state index contributed by atoms with van der Waals surface area (Å²) < 4.78 is 45.0. The average molecular weight is 581 g/mol. The van der Waals surface area contributed by atoms with Crippen LogP contribution in [0.25, 0.3) is 0 Å². The molecule has 5 unspecified atom stereocenters. The summed E-state index contributed by atoms with van der Waals surface area (Å²) in [7, 11) is 2.35. The second-order valence-corrected chi connectivity index (χ2v) is 14.3. The Morgan fingerprint density at radius 3 is 2.62 bits per heavy atom. The van der Waals surface area contributed by atoms with Crippen LogP contribution in [0.4, 0.5) is 4.39 Å². The number of nitrogens with one attached hydrogen (secondary N) is 1. The van der Waals surface area contributed by atoms with Crippen molar-refractivity contribution < 1.29 is 19.5 Å². The van der Waals surface area contributed by atoms with E-state index in [1.54, 1.807) is 0 Å². The maximum absolute atomic E-state index is 15.7. The summed E-state index contributed by atoms with van der Waals surface area (Å²) in [6.07, 6.45) is 4.91. The molecule has 0 amide bonds. The Kier molecular flexibility index (Phi) is 12.3. The van der Waals surface area contributed by atoms with Crippen molar-refractivity contribution in [2.45, 2.75) is 121 Å². The number of rotatable bonds is 14. The van der Waals surface area contributed by atoms with E-state index in [9.17, 15) is 9.59 Å². The predicted molar refractivity (Wildman–Crippen MR) is 152 cm³/mol. The zero-order valence-electron chi connectivity index (χ0n) is 23.3. The van der Waals surface area contributed by atoms with Gasteiger partial charge in [0, 0.05) is 36.7 Å². The summed E-state index contributed by atoms with van der Waals surface area (Å²) in [4.78, 5) is 25.8. The molecule has 0 spiro atoms. The van der Waals surface area contributed by atoms with E-state index >= 15 is 4.39 Å². The molecular formula is C25H43FN3O5PS2. The van der Waals surface area contributed by atoms with Crippen LogP contribution in [0.15, 0.2) is 21.9 Å². The van der Waals surface area contributed by atoms with Crippen LogP contribution >= 0.6 is 30.1 Å². The van der Waals surface area contributed by atoms with Gasteiger partial charge >= 0.3 is 5.69 Å². The van der Waals surface area contributed by atoms with Crippen molar-refractivity contribution in [3.05, 3.63) is 33.1 Å². The Bertz CT molecular complexity index is 944. The normalized spacial score (nSPS) is 26.3. The fourth-order valence-electron chi connectivity index (χ4n) is 4.61. The molecule has 2 aliphatic rings. The van der Waals surface area contributed by atoms with Gasteiger partial charge in [-0.3, -0.25) is 14.3 Å². The Balaban J connectivity index is 1.59. The standard InChI is InChI=1S/C25H43FN3O5PS2/c1-17(2)29(18(3)4)35(32-15-9-10-16-36-37-20-11-7-6-8-12-20)34-23-19(5)33-24(22(23)26)28-14-13-21(30)27-25(28)31/h13-14,17-20,22-24H,6-12,15-16H2,1-5H3,(H,27,30,31)/i5D. The number of H-pyrrole nitrogens is 1. The molecule has 2 fully saturated rings. The van der Waals surface area contributed by atoms with Crippen molar-refractivity contribution in [1.82, 2.24) is 14.2 Å². The van der Waals surface area contributed by atoms with Crippen molar-refractivity contribution in [3.63, 3.8) is 0 Å². The minimum Gasteiger partial charge on any atom is -0.349 e. The fourth-order valence-corrected chi connectivity index (χ4v) is 9.35. The van der Waals surface area contributed by atoms with Crippen molar-refractivity contribution in [1.29, 1.82) is 0 Å². The lowest BCUT2D eigenvalue weighted by Gasteiger charge is -2.37. The molecule has 0 radical (unpaired) electrons. The molecule has 1 N–H and O–H groups in total. The van der Waals surface area contributed by atoms with Gasteiger partial charge in [-0.2, -0.15) is 0 Å². The monoisotopic (exact) mass is 580 g/mol. The lowest BCUT2D eigenvalue weighted by Crippen LogP contribution is -2.38. The molecule has 1 aromatic heterocycles. The first-order valence-corrected chi connectivity index (χ1v) is 16.8. The van der Waals surface area contributed by atoms with E-state index in [-0.39, 0.29) is 19.0 Å². The van der Waals surface area contributed by atoms with Crippen LogP contribution in [0.2, 0.25) is 0 Å². The van der Waals surface area contributed by atoms with Crippen LogP contribution in [-0.4, -0.2) is 62.3 Å². The molecule has 37 heavy (non-hydrogen) atoms. The molecule has 1 aliphatic heterocycles. The van der Waals surface area contributed by atoms with Crippen molar-refractivity contribution in [3.8, 4) is 0 Å². The van der Waals surface area contributed by atoms with Gasteiger partial charge in [0.2, 0.25) is 0 Å². The Morgan fingerprint density at radius 2 is 1.97 bits per heavy atom. The number of hydrogen-bond donors (Lipinski definition) is 1. The summed E-state index contributed by atoms with van der Waals surface area (Å²) in [5, 5.41) is 0.792. The summed E-state index contributed by atoms with van der Waals surface area (Å²) in [5.41, 5.74) is -1.34. The minimum absolute atomic E-state index is 0.0935. The highest BCUT2D eigenvalue weighted by atomic mass is 33.1. The molecule has 8 nitrogen and oxygen atoms in total. The third kappa shape index (κ3) is 9.05. The van der Waals surface area contributed by atoms with E-state index in [1.807, 2.05) is 49.3 Å². The third-order valence-electron chi connectivity index (χ3n) is 6.43. The number of unbranched alkanes of at least 4 members (excludes halogenated alkanes) is 1. The first-order chi connectivity index (χ1) is 18.2. The van der Waals surface area contributed by atoms with Crippen LogP contribution < -0.4 is 11.2 Å². The Morgan fingerprint density at radius 1 is 1.24 bits per heavy atom. The number of hydrogen-bond acceptors (Lipinski definition) is 8. The van der Waals surface area contributed by atoms with Crippen LogP contribution in [0.5, 0.6) is 0 Å². The Hall–Kier alpha value is -0.420. The molecule has 2 heterocycles. The highest BCUT2D eigenvalue weighted by molar-refractivity contribution is 8.76. The molecule has 1 aromatic rings. The van der Waals surface area contributed by atoms with Crippen molar-refractivity contribution >= 4 is 30.1 Å². The smallest absolute Gasteiger partial charge is 0.330 e. The average Bonchev–Trinajstić information content (AvgIpc) is 3.18. The van der Waals surface area contributed by atoms with Gasteiger partial charge in [0.05, 0.1) is 12.7 Å². The second-order valence-electron chi connectivity index (χ2n) is 10.1. The summed E-state index contributed by atoms with van der Waals surface area (Å²) in [6, 6.07) is 1.33. The summed E-state index contributed by atoms with van der Waals surface area (Å²) >= 11 is 0. The number of alkyl halides is 1. The molecule has 3 rings (SSSR count). The molecule has 1 saturated carbocycles. The van der Waals surface area contributed by atoms with Gasteiger partial charge in [-0.05, 0) is 60.3 Å². The zero-order chi connectivity index (χ0) is 27.7. The molecule has 0 aromatic carbocycles. The van der Waals surface area contributed by atoms with Gasteiger partial charge in [0.25, 0.3) is 14.1 Å². The van der Waals surface area contributed by atoms with E-state index in [0.717, 1.165) is 34.5 Å². The van der Waals surface area contributed by atoms with Crippen LogP contribution in [0.1, 0.15) is 87.1 Å². The summed E-state index contributed by atoms with van der Waals surface area (Å²) in [6.45, 7) is 8.44. The second kappa shape index (κ2) is 15.4. The van der Waals surface area contributed by atoms with Gasteiger partial charge in [0.15, 0.2) is 12.4 Å². The van der Waals surface area contributed by atoms with E-state index in [0.29, 0.717) is 6.61 Å². The largest absolute Gasteiger partial charge is 0.349 e. The van der Waals surface area contributed by atoms with Crippen molar-refractivity contribution in [2.24, 2.45) is 0 Å². The lowest BCUT2D eigenvalue weighted by atomic mass is 10.0. The molecular weight excluding hydrogens is 536 g/mol. The van der Waals surface area contributed by atoms with Gasteiger partial charge < -0.3 is 13.8 Å². The highest BCUT2D eigenvalue weighted by Crippen LogP contribution is 2.50. The number of aromatic amines is 1. The quantitative estimate of drug-likeness (QED) is 0.162. The van der Waals surface area contributed by atoms with Gasteiger partial charge in [-0.15, -0.1) is 0 Å². The van der Waals surface area contributed by atoms with Gasteiger partial charge in [-0.25, -0.2) is 13.9 Å². The maximum Gasteiger partial charge on any atom is 0.330 e. The topological polar surface area (TPSA) is 85.8 Å². The van der Waals surface area contributed by atoms with E-state index in [1.165, 1.54) is 38.3 Å². The predicted octanol–water partition coefficient (Wildman–Crippen LogP) is 6.03. The number of nitrogens with zero attached hydrogens (tertiary/aromatic N) is 2. The van der Waals surface area contributed by atoms with Crippen molar-refractivity contribution in [2.75, 3.05) is 12.4 Å². The fraction of sp³-hybridized carbons (Fsp3) is 0.840. The Labute approximate surface area is 230 Å². The first-order valence-electron chi connectivity index (χ1n) is 14.0. The maximum atomic E-state index is 15.7. The minimum atomic E-state index is -1.71. The number of ether oxygens (including phenoxy) is 1. The molecule has 0 bridgehead atoms. The number of aromatic nitrogens is 2. The highest BCUT2D eigenvalue weighted by Gasteiger charge is 2.47. The SMILES string of the molecule is [2H]CC1OC(n2ccc(=O)[nH]c2=O)C(F)C1OP(OCCCCSSC1CCCCC1)N(C(C)C)C(C)C. The molecule has 5 atom stereocenters.